The second kappa shape index (κ2) is 6.10. The van der Waals surface area contributed by atoms with E-state index in [2.05, 4.69) is 10.1 Å². The normalized spacial score (nSPS) is 17.2. The van der Waals surface area contributed by atoms with Crippen LogP contribution in [0, 0.1) is 0 Å². The van der Waals surface area contributed by atoms with E-state index in [0.717, 1.165) is 37.0 Å². The van der Waals surface area contributed by atoms with E-state index in [-0.39, 0.29) is 0 Å². The fraction of sp³-hybridized carbons (Fsp3) is 0.375. The molecule has 1 aliphatic carbocycles. The second-order valence-electron chi connectivity index (χ2n) is 5.54. The van der Waals surface area contributed by atoms with Gasteiger partial charge >= 0.3 is 0 Å². The van der Waals surface area contributed by atoms with Gasteiger partial charge in [-0.15, -0.1) is 0 Å². The molecule has 0 saturated heterocycles. The first kappa shape index (κ1) is 15.1. The predicted octanol–water partition coefficient (Wildman–Crippen LogP) is 3.63. The monoisotopic (exact) mass is 319 g/mol. The minimum atomic E-state index is -0.441. The molecule has 2 N–H and O–H groups in total. The molecule has 0 spiro atoms. The number of aromatic nitrogens is 2. The highest BCUT2D eigenvalue weighted by molar-refractivity contribution is 6.30. The summed E-state index contributed by atoms with van der Waals surface area (Å²) in [4.78, 5) is 4.39. The van der Waals surface area contributed by atoms with Crippen LogP contribution in [0.15, 0.2) is 22.7 Å². The third-order valence-corrected chi connectivity index (χ3v) is 4.22. The fourth-order valence-corrected chi connectivity index (χ4v) is 2.91. The number of ether oxygens (including phenoxy) is 1. The molecule has 1 heterocycles. The average molecular weight is 320 g/mol. The quantitative estimate of drug-likeness (QED) is 0.931. The first-order valence-corrected chi connectivity index (χ1v) is 7.63. The van der Waals surface area contributed by atoms with Crippen molar-refractivity contribution in [3.05, 3.63) is 40.5 Å². The molecule has 2 aromatic rings. The molecule has 1 aromatic heterocycles. The van der Waals surface area contributed by atoms with Gasteiger partial charge in [0.05, 0.1) is 12.6 Å². The summed E-state index contributed by atoms with van der Waals surface area (Å²) in [6.07, 6.45) is 7.59. The van der Waals surface area contributed by atoms with Crippen molar-refractivity contribution >= 4 is 23.8 Å². The summed E-state index contributed by atoms with van der Waals surface area (Å²) in [5.41, 5.74) is 6.72. The minimum absolute atomic E-state index is 0.425. The number of methoxy groups -OCH3 is 1. The molecule has 5 nitrogen and oxygen atoms in total. The Morgan fingerprint density at radius 2 is 2.09 bits per heavy atom. The van der Waals surface area contributed by atoms with E-state index in [1.165, 1.54) is 0 Å². The average Bonchev–Trinajstić information content (AvgIpc) is 3.15. The number of hydrogen-bond donors (Lipinski definition) is 1. The van der Waals surface area contributed by atoms with Crippen molar-refractivity contribution in [1.82, 2.24) is 10.1 Å². The van der Waals surface area contributed by atoms with Gasteiger partial charge in [0.1, 0.15) is 5.75 Å². The van der Waals surface area contributed by atoms with Gasteiger partial charge in [0.2, 0.25) is 0 Å². The minimum Gasteiger partial charge on any atom is -0.496 e. The van der Waals surface area contributed by atoms with Crippen LogP contribution in [-0.2, 0) is 5.54 Å². The van der Waals surface area contributed by atoms with Gasteiger partial charge in [-0.1, -0.05) is 29.6 Å². The molecule has 116 valence electrons. The van der Waals surface area contributed by atoms with E-state index in [4.69, 9.17) is 26.6 Å². The van der Waals surface area contributed by atoms with Crippen LogP contribution in [0.4, 0.5) is 0 Å². The Bertz CT molecular complexity index is 690. The number of hydrogen-bond acceptors (Lipinski definition) is 5. The van der Waals surface area contributed by atoms with Crippen molar-refractivity contribution < 1.29 is 9.26 Å². The molecule has 1 aliphatic rings. The Kier molecular flexibility index (Phi) is 4.18. The molecule has 1 aromatic carbocycles. The summed E-state index contributed by atoms with van der Waals surface area (Å²) >= 11 is 6.01. The van der Waals surface area contributed by atoms with E-state index in [1.807, 2.05) is 18.2 Å². The third-order valence-electron chi connectivity index (χ3n) is 3.98. The second-order valence-corrected chi connectivity index (χ2v) is 5.98. The zero-order valence-corrected chi connectivity index (χ0v) is 13.1. The Hall–Kier alpha value is -1.85. The van der Waals surface area contributed by atoms with Crippen LogP contribution >= 0.6 is 11.6 Å². The van der Waals surface area contributed by atoms with Gasteiger partial charge in [0.25, 0.3) is 5.89 Å². The van der Waals surface area contributed by atoms with Crippen LogP contribution in [0.25, 0.3) is 12.2 Å². The number of rotatable bonds is 4. The lowest BCUT2D eigenvalue weighted by atomic mass is 9.99. The van der Waals surface area contributed by atoms with Crippen LogP contribution < -0.4 is 10.5 Å². The smallest absolute Gasteiger partial charge is 0.250 e. The van der Waals surface area contributed by atoms with Crippen molar-refractivity contribution in [3.63, 3.8) is 0 Å². The van der Waals surface area contributed by atoms with E-state index >= 15 is 0 Å². The Balaban J connectivity index is 1.82. The van der Waals surface area contributed by atoms with Gasteiger partial charge < -0.3 is 15.0 Å². The third kappa shape index (κ3) is 3.00. The SMILES string of the molecule is COc1ccc(Cl)cc1/C=C/c1nc(C2(N)CCCC2)no1. The summed E-state index contributed by atoms with van der Waals surface area (Å²) in [6, 6.07) is 5.41. The van der Waals surface area contributed by atoms with Crippen molar-refractivity contribution in [1.29, 1.82) is 0 Å². The predicted molar refractivity (Wildman–Crippen MR) is 85.6 cm³/mol. The lowest BCUT2D eigenvalue weighted by Crippen LogP contribution is -2.34. The van der Waals surface area contributed by atoms with Crippen molar-refractivity contribution in [2.75, 3.05) is 7.11 Å². The van der Waals surface area contributed by atoms with Crippen LogP contribution in [0.5, 0.6) is 5.75 Å². The molecule has 22 heavy (non-hydrogen) atoms. The fourth-order valence-electron chi connectivity index (χ4n) is 2.73. The van der Waals surface area contributed by atoms with Crippen LogP contribution in [0.2, 0.25) is 5.02 Å². The van der Waals surface area contributed by atoms with Gasteiger partial charge in [0, 0.05) is 16.7 Å². The van der Waals surface area contributed by atoms with Crippen molar-refractivity contribution in [3.8, 4) is 5.75 Å². The van der Waals surface area contributed by atoms with Crippen LogP contribution in [-0.4, -0.2) is 17.3 Å². The molecular formula is C16H18ClN3O2. The number of benzene rings is 1. The molecule has 0 atom stereocenters. The summed E-state index contributed by atoms with van der Waals surface area (Å²) in [7, 11) is 1.61. The lowest BCUT2D eigenvalue weighted by Gasteiger charge is -2.17. The van der Waals surface area contributed by atoms with E-state index < -0.39 is 5.54 Å². The van der Waals surface area contributed by atoms with Gasteiger partial charge in [-0.2, -0.15) is 4.98 Å². The molecule has 0 unspecified atom stereocenters. The van der Waals surface area contributed by atoms with Crippen LogP contribution in [0.3, 0.4) is 0 Å². The summed E-state index contributed by atoms with van der Waals surface area (Å²) < 4.78 is 10.6. The largest absolute Gasteiger partial charge is 0.496 e. The van der Waals surface area contributed by atoms with E-state index in [1.54, 1.807) is 19.3 Å². The van der Waals surface area contributed by atoms with Crippen molar-refractivity contribution in [2.24, 2.45) is 5.73 Å². The maximum atomic E-state index is 6.32. The first-order valence-electron chi connectivity index (χ1n) is 7.25. The molecule has 1 saturated carbocycles. The number of nitrogens with two attached hydrogens (primary N) is 1. The van der Waals surface area contributed by atoms with Gasteiger partial charge in [-0.05, 0) is 37.1 Å². The molecular weight excluding hydrogens is 302 g/mol. The highest BCUT2D eigenvalue weighted by atomic mass is 35.5. The Morgan fingerprint density at radius 3 is 2.82 bits per heavy atom. The highest BCUT2D eigenvalue weighted by Gasteiger charge is 2.35. The van der Waals surface area contributed by atoms with Gasteiger partial charge in [-0.3, -0.25) is 0 Å². The molecule has 6 heteroatoms. The maximum absolute atomic E-state index is 6.32. The molecule has 0 amide bonds. The standard InChI is InChI=1S/C16H18ClN3O2/c1-21-13-6-5-12(17)10-11(13)4-7-14-19-15(20-22-14)16(18)8-2-3-9-16/h4-7,10H,2-3,8-9,18H2,1H3/b7-4+. The van der Waals surface area contributed by atoms with Crippen molar-refractivity contribution in [2.45, 2.75) is 31.2 Å². The van der Waals surface area contributed by atoms with Gasteiger partial charge in [-0.25, -0.2) is 0 Å². The molecule has 3 rings (SSSR count). The Morgan fingerprint density at radius 1 is 1.32 bits per heavy atom. The molecule has 0 aliphatic heterocycles. The van der Waals surface area contributed by atoms with Crippen LogP contribution in [0.1, 0.15) is 43.0 Å². The first-order chi connectivity index (χ1) is 10.6. The zero-order valence-electron chi connectivity index (χ0n) is 12.4. The number of nitrogens with zero attached hydrogens (tertiary/aromatic N) is 2. The highest BCUT2D eigenvalue weighted by Crippen LogP contribution is 2.34. The summed E-state index contributed by atoms with van der Waals surface area (Å²) in [5.74, 6) is 1.74. The van der Waals surface area contributed by atoms with E-state index in [0.29, 0.717) is 16.7 Å². The lowest BCUT2D eigenvalue weighted by molar-refractivity contribution is 0.364. The van der Waals surface area contributed by atoms with Gasteiger partial charge in [0.15, 0.2) is 5.82 Å². The number of halogens is 1. The molecule has 0 bridgehead atoms. The molecule has 0 radical (unpaired) electrons. The van der Waals surface area contributed by atoms with E-state index in [9.17, 15) is 0 Å². The maximum Gasteiger partial charge on any atom is 0.250 e. The summed E-state index contributed by atoms with van der Waals surface area (Å²) in [6.45, 7) is 0. The Labute approximate surface area is 134 Å². The zero-order chi connectivity index (χ0) is 15.6. The molecule has 1 fully saturated rings. The summed E-state index contributed by atoms with van der Waals surface area (Å²) in [5, 5.41) is 4.66. The topological polar surface area (TPSA) is 74.2 Å².